The third kappa shape index (κ3) is 6.39. The van der Waals surface area contributed by atoms with Crippen LogP contribution >= 0.6 is 0 Å². The fourth-order valence-corrected chi connectivity index (χ4v) is 3.94. The summed E-state index contributed by atoms with van der Waals surface area (Å²) in [5.41, 5.74) is 12.6. The Morgan fingerprint density at radius 1 is 1.25 bits per heavy atom. The van der Waals surface area contributed by atoms with E-state index < -0.39 is 37.2 Å². The summed E-state index contributed by atoms with van der Waals surface area (Å²) >= 11 is 0. The van der Waals surface area contributed by atoms with Crippen molar-refractivity contribution in [1.29, 1.82) is 5.41 Å². The van der Waals surface area contributed by atoms with Crippen LogP contribution in [0.25, 0.3) is 0 Å². The van der Waals surface area contributed by atoms with E-state index in [2.05, 4.69) is 5.32 Å². The maximum Gasteiger partial charge on any atom is 0.289 e. The van der Waals surface area contributed by atoms with E-state index in [1.54, 1.807) is 12.1 Å². The summed E-state index contributed by atoms with van der Waals surface area (Å²) in [6.45, 7) is 3.94. The first-order valence-corrected chi connectivity index (χ1v) is 11.0. The van der Waals surface area contributed by atoms with Gasteiger partial charge in [0.05, 0.1) is 10.9 Å². The molecule has 2 aromatic carbocycles. The first kappa shape index (κ1) is 25.0. The van der Waals surface area contributed by atoms with Crippen molar-refractivity contribution in [3.05, 3.63) is 53.3 Å². The molecule has 0 unspecified atom stereocenters. The summed E-state index contributed by atoms with van der Waals surface area (Å²) in [6, 6.07) is 6.71. The highest BCUT2D eigenvalue weighted by Crippen LogP contribution is 2.28. The molecule has 10 nitrogen and oxygen atoms in total. The Bertz CT molecular complexity index is 1090. The third-order valence-corrected chi connectivity index (χ3v) is 5.85. The number of benzene rings is 2. The predicted molar refractivity (Wildman–Crippen MR) is 115 cm³/mol. The van der Waals surface area contributed by atoms with Gasteiger partial charge in [-0.1, -0.05) is 6.07 Å². The molecule has 0 fully saturated rings. The molecule has 1 amide bonds. The Morgan fingerprint density at radius 2 is 1.88 bits per heavy atom. The second-order valence-electron chi connectivity index (χ2n) is 7.19. The molecule has 174 valence electrons. The van der Waals surface area contributed by atoms with Crippen LogP contribution in [0.3, 0.4) is 0 Å². The highest BCUT2D eigenvalue weighted by atomic mass is 32.2. The van der Waals surface area contributed by atoms with E-state index >= 15 is 0 Å². The number of rotatable bonds is 9. The normalized spacial score (nSPS) is 12.2. The molecule has 32 heavy (non-hydrogen) atoms. The van der Waals surface area contributed by atoms with E-state index in [1.807, 2.05) is 19.9 Å². The fourth-order valence-electron chi connectivity index (χ4n) is 2.87. The van der Waals surface area contributed by atoms with Gasteiger partial charge in [-0.3, -0.25) is 15.4 Å². The minimum absolute atomic E-state index is 0.0166. The molecule has 2 aromatic rings. The van der Waals surface area contributed by atoms with Gasteiger partial charge in [0.2, 0.25) is 0 Å². The average Bonchev–Trinajstić information content (AvgIpc) is 2.70. The van der Waals surface area contributed by atoms with Gasteiger partial charge in [0.25, 0.3) is 15.9 Å². The van der Waals surface area contributed by atoms with Crippen LogP contribution < -0.4 is 21.5 Å². The van der Waals surface area contributed by atoms with Gasteiger partial charge in [-0.25, -0.2) is 4.39 Å². The Hall–Kier alpha value is -3.22. The van der Waals surface area contributed by atoms with Crippen LogP contribution in [0.15, 0.2) is 41.3 Å². The number of hydroxylamine groups is 1. The van der Waals surface area contributed by atoms with Gasteiger partial charge in [-0.15, -0.1) is 4.47 Å². The lowest BCUT2D eigenvalue weighted by molar-refractivity contribution is -0.147. The number of nitrogens with one attached hydrogen (secondary N) is 2. The van der Waals surface area contributed by atoms with Crippen molar-refractivity contribution in [3.8, 4) is 11.5 Å². The van der Waals surface area contributed by atoms with Gasteiger partial charge in [0.15, 0.2) is 17.5 Å². The molecular formula is C20H26FN5O5S. The molecule has 0 radical (unpaired) electrons. The van der Waals surface area contributed by atoms with Crippen LogP contribution in [0.5, 0.6) is 11.5 Å². The van der Waals surface area contributed by atoms with Gasteiger partial charge in [-0.2, -0.15) is 8.42 Å². The van der Waals surface area contributed by atoms with Crippen molar-refractivity contribution in [3.63, 3.8) is 0 Å². The maximum atomic E-state index is 14.5. The highest BCUT2D eigenvalue weighted by molar-refractivity contribution is 7.89. The van der Waals surface area contributed by atoms with Crippen molar-refractivity contribution in [2.75, 3.05) is 6.54 Å². The number of guanidine groups is 1. The van der Waals surface area contributed by atoms with Gasteiger partial charge in [0, 0.05) is 6.54 Å². The SMILES string of the molecule is Cc1cc(C)cc(Oc2ccc(S(=O)(=O)N(O)C(=O)[C@H](N)CCCNC(=N)N)cc2F)c1. The number of nitrogens with zero attached hydrogens (tertiary/aromatic N) is 1. The van der Waals surface area contributed by atoms with Crippen LogP contribution in [0.4, 0.5) is 4.39 Å². The molecule has 0 heterocycles. The Labute approximate surface area is 185 Å². The van der Waals surface area contributed by atoms with Crippen LogP contribution in [0.1, 0.15) is 24.0 Å². The van der Waals surface area contributed by atoms with Crippen LogP contribution in [0, 0.1) is 25.1 Å². The first-order valence-electron chi connectivity index (χ1n) is 9.59. The van der Waals surface area contributed by atoms with Gasteiger partial charge in [0.1, 0.15) is 5.75 Å². The van der Waals surface area contributed by atoms with Crippen LogP contribution in [-0.2, 0) is 14.8 Å². The molecule has 2 rings (SSSR count). The molecule has 0 bridgehead atoms. The number of sulfonamides is 1. The zero-order valence-corrected chi connectivity index (χ0v) is 18.4. The zero-order chi connectivity index (χ0) is 24.1. The van der Waals surface area contributed by atoms with Gasteiger partial charge >= 0.3 is 0 Å². The number of nitrogens with two attached hydrogens (primary N) is 2. The average molecular weight is 468 g/mol. The second-order valence-corrected chi connectivity index (χ2v) is 8.96. The summed E-state index contributed by atoms with van der Waals surface area (Å²) in [4.78, 5) is 11.6. The summed E-state index contributed by atoms with van der Waals surface area (Å²) in [5, 5.41) is 19.5. The quantitative estimate of drug-likeness (QED) is 0.122. The van der Waals surface area contributed by atoms with Crippen LogP contribution in [-0.4, -0.2) is 42.5 Å². The molecule has 0 saturated carbocycles. The maximum absolute atomic E-state index is 14.5. The van der Waals surface area contributed by atoms with E-state index in [0.29, 0.717) is 18.2 Å². The molecule has 0 saturated heterocycles. The molecule has 7 N–H and O–H groups in total. The highest BCUT2D eigenvalue weighted by Gasteiger charge is 2.32. The first-order chi connectivity index (χ1) is 14.9. The van der Waals surface area contributed by atoms with Gasteiger partial charge < -0.3 is 21.5 Å². The number of halogens is 1. The number of carbonyl (C=O) groups is 1. The monoisotopic (exact) mass is 467 g/mol. The summed E-state index contributed by atoms with van der Waals surface area (Å²) in [5.74, 6) is -2.38. The molecule has 0 aliphatic carbocycles. The topological polar surface area (TPSA) is 172 Å². The minimum atomic E-state index is -4.76. The Morgan fingerprint density at radius 3 is 2.44 bits per heavy atom. The fraction of sp³-hybridized carbons (Fsp3) is 0.300. The van der Waals surface area contributed by atoms with E-state index in [0.717, 1.165) is 23.3 Å². The van der Waals surface area contributed by atoms with E-state index in [9.17, 15) is 22.8 Å². The van der Waals surface area contributed by atoms with Gasteiger partial charge in [-0.05, 0) is 68.1 Å². The molecular weight excluding hydrogens is 441 g/mol. The number of amides is 1. The minimum Gasteiger partial charge on any atom is -0.454 e. The van der Waals surface area contributed by atoms with E-state index in [-0.39, 0.29) is 24.7 Å². The molecule has 0 aliphatic heterocycles. The van der Waals surface area contributed by atoms with E-state index in [1.165, 1.54) is 0 Å². The number of aryl methyl sites for hydroxylation is 2. The summed E-state index contributed by atoms with van der Waals surface area (Å²) in [6.07, 6.45) is 0.308. The molecule has 0 aliphatic rings. The summed E-state index contributed by atoms with van der Waals surface area (Å²) < 4.78 is 44.6. The second kappa shape index (κ2) is 10.4. The number of hydrogen-bond acceptors (Lipinski definition) is 7. The number of hydrogen-bond donors (Lipinski definition) is 5. The molecule has 0 spiro atoms. The van der Waals surface area contributed by atoms with Crippen molar-refractivity contribution >= 4 is 21.9 Å². The Balaban J connectivity index is 2.12. The smallest absolute Gasteiger partial charge is 0.289 e. The van der Waals surface area contributed by atoms with Crippen LogP contribution in [0.2, 0.25) is 0 Å². The summed E-state index contributed by atoms with van der Waals surface area (Å²) in [7, 11) is -4.76. The predicted octanol–water partition coefficient (Wildman–Crippen LogP) is 1.73. The molecule has 12 heteroatoms. The number of carbonyl (C=O) groups excluding carboxylic acids is 1. The number of ether oxygens (including phenoxy) is 1. The van der Waals surface area contributed by atoms with Crippen molar-refractivity contribution in [2.24, 2.45) is 11.5 Å². The van der Waals surface area contributed by atoms with Crippen molar-refractivity contribution < 1.29 is 27.5 Å². The lowest BCUT2D eigenvalue weighted by Gasteiger charge is -2.19. The molecule has 1 atom stereocenters. The Kier molecular flexibility index (Phi) is 8.14. The lowest BCUT2D eigenvalue weighted by Crippen LogP contribution is -2.45. The standard InChI is InChI=1S/C20H26FN5O5S/c1-12-8-13(2)10-14(9-12)31-18-6-5-15(11-16(18)21)32(29,30)26(28)19(27)17(22)4-3-7-25-20(23)24/h5-6,8-11,17,28H,3-4,7,22H2,1-2H3,(H4,23,24,25)/t17-/m1/s1. The third-order valence-electron chi connectivity index (χ3n) is 4.36. The zero-order valence-electron chi connectivity index (χ0n) is 17.6. The lowest BCUT2D eigenvalue weighted by atomic mass is 10.1. The largest absolute Gasteiger partial charge is 0.454 e. The molecule has 0 aromatic heterocycles. The van der Waals surface area contributed by atoms with E-state index in [4.69, 9.17) is 21.6 Å². The van der Waals surface area contributed by atoms with Crippen molar-refractivity contribution in [2.45, 2.75) is 37.6 Å². The van der Waals surface area contributed by atoms with Crippen molar-refractivity contribution in [1.82, 2.24) is 9.79 Å².